The third kappa shape index (κ3) is 2.81. The summed E-state index contributed by atoms with van der Waals surface area (Å²) < 4.78 is 5.70. The van der Waals surface area contributed by atoms with E-state index in [0.29, 0.717) is 25.0 Å². The molecule has 2 aliphatic rings. The Morgan fingerprint density at radius 2 is 2.17 bits per heavy atom. The maximum Gasteiger partial charge on any atom is 0.224 e. The van der Waals surface area contributed by atoms with Gasteiger partial charge in [0.15, 0.2) is 0 Å². The molecule has 2 aromatic rings. The van der Waals surface area contributed by atoms with Gasteiger partial charge in [-0.25, -0.2) is 4.98 Å². The molecule has 0 bridgehead atoms. The first kappa shape index (κ1) is 14.9. The molecule has 2 atom stereocenters. The highest BCUT2D eigenvalue weighted by molar-refractivity contribution is 7.09. The number of carbonyl (C=O) groups is 1. The SMILES string of the molecule is Cc1ccc(CN2CC[C@@H]3[C@@H]2CC(=O)N3Cc2csc(C)n2)o1. The van der Waals surface area contributed by atoms with E-state index in [1.807, 2.05) is 30.9 Å². The van der Waals surface area contributed by atoms with Gasteiger partial charge in [-0.3, -0.25) is 9.69 Å². The largest absolute Gasteiger partial charge is 0.465 e. The molecule has 0 spiro atoms. The van der Waals surface area contributed by atoms with Gasteiger partial charge in [0.2, 0.25) is 5.91 Å². The normalized spacial score (nSPS) is 24.6. The van der Waals surface area contributed by atoms with Crippen LogP contribution in [0.4, 0.5) is 0 Å². The number of hydrogen-bond donors (Lipinski definition) is 0. The molecule has 0 N–H and O–H groups in total. The van der Waals surface area contributed by atoms with Crippen molar-refractivity contribution >= 4 is 17.2 Å². The Hall–Kier alpha value is -1.66. The number of furan rings is 1. The molecular formula is C17H21N3O2S. The van der Waals surface area contributed by atoms with Gasteiger partial charge in [0.25, 0.3) is 0 Å². The summed E-state index contributed by atoms with van der Waals surface area (Å²) in [5.74, 6) is 2.19. The molecule has 0 saturated carbocycles. The molecule has 4 heterocycles. The molecule has 5 nitrogen and oxygen atoms in total. The van der Waals surface area contributed by atoms with Crippen molar-refractivity contribution in [2.75, 3.05) is 6.54 Å². The summed E-state index contributed by atoms with van der Waals surface area (Å²) in [6, 6.07) is 4.67. The van der Waals surface area contributed by atoms with E-state index >= 15 is 0 Å². The van der Waals surface area contributed by atoms with Gasteiger partial charge in [0.05, 0.1) is 23.8 Å². The summed E-state index contributed by atoms with van der Waals surface area (Å²) in [5.41, 5.74) is 1.02. The number of aryl methyl sites for hydroxylation is 2. The van der Waals surface area contributed by atoms with E-state index in [9.17, 15) is 4.79 Å². The molecule has 0 unspecified atom stereocenters. The van der Waals surface area contributed by atoms with Crippen molar-refractivity contribution in [1.82, 2.24) is 14.8 Å². The van der Waals surface area contributed by atoms with Crippen LogP contribution in [-0.2, 0) is 17.9 Å². The second-order valence-electron chi connectivity index (χ2n) is 6.49. The number of rotatable bonds is 4. The number of fused-ring (bicyclic) bond motifs is 1. The molecule has 2 aliphatic heterocycles. The van der Waals surface area contributed by atoms with Gasteiger partial charge >= 0.3 is 0 Å². The highest BCUT2D eigenvalue weighted by Crippen LogP contribution is 2.34. The first-order valence-electron chi connectivity index (χ1n) is 8.10. The standard InChI is InChI=1S/C17H21N3O2S/c1-11-3-4-14(22-11)9-19-6-5-15-16(19)7-17(21)20(15)8-13-10-23-12(2)18-13/h3-4,10,15-16H,5-9H2,1-2H3/t15-,16+/m1/s1. The first-order valence-corrected chi connectivity index (χ1v) is 8.98. The van der Waals surface area contributed by atoms with Crippen molar-refractivity contribution in [2.45, 2.75) is 51.9 Å². The molecule has 0 aliphatic carbocycles. The third-order valence-corrected chi connectivity index (χ3v) is 5.71. The quantitative estimate of drug-likeness (QED) is 0.864. The van der Waals surface area contributed by atoms with Gasteiger partial charge in [0.1, 0.15) is 11.5 Å². The Balaban J connectivity index is 1.46. The van der Waals surface area contributed by atoms with Crippen molar-refractivity contribution < 1.29 is 9.21 Å². The number of hydrogen-bond acceptors (Lipinski definition) is 5. The zero-order valence-corrected chi connectivity index (χ0v) is 14.3. The Bertz CT molecular complexity index is 723. The van der Waals surface area contributed by atoms with Crippen LogP contribution >= 0.6 is 11.3 Å². The van der Waals surface area contributed by atoms with Crippen LogP contribution in [0.25, 0.3) is 0 Å². The topological polar surface area (TPSA) is 49.6 Å². The van der Waals surface area contributed by atoms with Gasteiger partial charge in [-0.2, -0.15) is 0 Å². The molecule has 1 amide bonds. The van der Waals surface area contributed by atoms with Crippen LogP contribution in [-0.4, -0.2) is 39.3 Å². The minimum absolute atomic E-state index is 0.256. The van der Waals surface area contributed by atoms with E-state index in [1.54, 1.807) is 11.3 Å². The van der Waals surface area contributed by atoms with Crippen LogP contribution in [0, 0.1) is 13.8 Å². The summed E-state index contributed by atoms with van der Waals surface area (Å²) in [6.45, 7) is 6.44. The van der Waals surface area contributed by atoms with Gasteiger partial charge in [0, 0.05) is 30.4 Å². The average Bonchev–Trinajstić information content (AvgIpc) is 3.24. The molecule has 4 rings (SSSR count). The Morgan fingerprint density at radius 3 is 2.87 bits per heavy atom. The minimum Gasteiger partial charge on any atom is -0.465 e. The van der Waals surface area contributed by atoms with Crippen molar-refractivity contribution in [1.29, 1.82) is 0 Å². The maximum atomic E-state index is 12.5. The second-order valence-corrected chi connectivity index (χ2v) is 7.55. The third-order valence-electron chi connectivity index (χ3n) is 4.88. The minimum atomic E-state index is 0.256. The summed E-state index contributed by atoms with van der Waals surface area (Å²) in [7, 11) is 0. The number of likely N-dealkylation sites (tertiary alicyclic amines) is 2. The fraction of sp³-hybridized carbons (Fsp3) is 0.529. The van der Waals surface area contributed by atoms with Gasteiger partial charge in [-0.05, 0) is 32.4 Å². The van der Waals surface area contributed by atoms with Crippen molar-refractivity contribution in [3.8, 4) is 0 Å². The lowest BCUT2D eigenvalue weighted by atomic mass is 10.1. The van der Waals surface area contributed by atoms with Gasteiger partial charge < -0.3 is 9.32 Å². The van der Waals surface area contributed by atoms with E-state index in [0.717, 1.165) is 41.7 Å². The molecule has 23 heavy (non-hydrogen) atoms. The zero-order chi connectivity index (χ0) is 16.0. The van der Waals surface area contributed by atoms with Crippen molar-refractivity contribution in [2.24, 2.45) is 0 Å². The lowest BCUT2D eigenvalue weighted by Gasteiger charge is -2.24. The molecule has 122 valence electrons. The molecule has 2 saturated heterocycles. The fourth-order valence-electron chi connectivity index (χ4n) is 3.84. The molecule has 2 aromatic heterocycles. The predicted molar refractivity (Wildman–Crippen MR) is 88.1 cm³/mol. The fourth-order valence-corrected chi connectivity index (χ4v) is 4.44. The summed E-state index contributed by atoms with van der Waals surface area (Å²) >= 11 is 1.65. The van der Waals surface area contributed by atoms with Crippen molar-refractivity contribution in [3.05, 3.63) is 39.7 Å². The monoisotopic (exact) mass is 331 g/mol. The molecule has 0 aromatic carbocycles. The van der Waals surface area contributed by atoms with Crippen LogP contribution < -0.4 is 0 Å². The highest BCUT2D eigenvalue weighted by atomic mass is 32.1. The highest BCUT2D eigenvalue weighted by Gasteiger charge is 2.46. The number of amides is 1. The summed E-state index contributed by atoms with van der Waals surface area (Å²) in [6.07, 6.45) is 1.66. The van der Waals surface area contributed by atoms with E-state index in [2.05, 4.69) is 15.3 Å². The van der Waals surface area contributed by atoms with E-state index in [4.69, 9.17) is 4.42 Å². The molecule has 6 heteroatoms. The van der Waals surface area contributed by atoms with Crippen LogP contribution in [0.1, 0.15) is 35.1 Å². The first-order chi connectivity index (χ1) is 11.1. The molecule has 2 fully saturated rings. The lowest BCUT2D eigenvalue weighted by Crippen LogP contribution is -2.36. The Labute approximate surface area is 139 Å². The van der Waals surface area contributed by atoms with Crippen LogP contribution in [0.15, 0.2) is 21.9 Å². The van der Waals surface area contributed by atoms with E-state index in [1.165, 1.54) is 0 Å². The lowest BCUT2D eigenvalue weighted by molar-refractivity contribution is -0.129. The van der Waals surface area contributed by atoms with Crippen LogP contribution in [0.3, 0.4) is 0 Å². The second kappa shape index (κ2) is 5.76. The zero-order valence-electron chi connectivity index (χ0n) is 13.5. The summed E-state index contributed by atoms with van der Waals surface area (Å²) in [4.78, 5) is 21.4. The molecule has 0 radical (unpaired) electrons. The van der Waals surface area contributed by atoms with Gasteiger partial charge in [-0.1, -0.05) is 0 Å². The Morgan fingerprint density at radius 1 is 1.30 bits per heavy atom. The smallest absolute Gasteiger partial charge is 0.224 e. The van der Waals surface area contributed by atoms with Crippen molar-refractivity contribution in [3.63, 3.8) is 0 Å². The maximum absolute atomic E-state index is 12.5. The van der Waals surface area contributed by atoms with E-state index < -0.39 is 0 Å². The summed E-state index contributed by atoms with van der Waals surface area (Å²) in [5, 5.41) is 3.12. The number of thiazole rings is 1. The molecular weight excluding hydrogens is 310 g/mol. The van der Waals surface area contributed by atoms with Crippen LogP contribution in [0.2, 0.25) is 0 Å². The predicted octanol–water partition coefficient (Wildman–Crippen LogP) is 2.73. The van der Waals surface area contributed by atoms with Crippen LogP contribution in [0.5, 0.6) is 0 Å². The Kier molecular flexibility index (Phi) is 3.73. The van der Waals surface area contributed by atoms with E-state index in [-0.39, 0.29) is 5.91 Å². The number of nitrogens with zero attached hydrogens (tertiary/aromatic N) is 3. The number of aromatic nitrogens is 1. The average molecular weight is 331 g/mol. The number of carbonyl (C=O) groups excluding carboxylic acids is 1. The van der Waals surface area contributed by atoms with Gasteiger partial charge in [-0.15, -0.1) is 11.3 Å².